The third kappa shape index (κ3) is 2.62. The lowest BCUT2D eigenvalue weighted by Crippen LogP contribution is -2.32. The molecular formula is C8H16N4. The third-order valence-electron chi connectivity index (χ3n) is 1.86. The molecule has 1 aromatic rings. The zero-order valence-electron chi connectivity index (χ0n) is 7.70. The Morgan fingerprint density at radius 3 is 2.83 bits per heavy atom. The summed E-state index contributed by atoms with van der Waals surface area (Å²) < 4.78 is 1.86. The molecule has 1 N–H and O–H groups in total. The van der Waals surface area contributed by atoms with Crippen molar-refractivity contribution in [1.29, 1.82) is 0 Å². The molecular weight excluding hydrogens is 152 g/mol. The van der Waals surface area contributed by atoms with Gasteiger partial charge in [0.2, 0.25) is 0 Å². The Labute approximate surface area is 73.0 Å². The summed E-state index contributed by atoms with van der Waals surface area (Å²) in [7, 11) is 0. The second-order valence-electron chi connectivity index (χ2n) is 2.78. The Morgan fingerprint density at radius 2 is 2.33 bits per heavy atom. The molecule has 0 aliphatic rings. The second kappa shape index (κ2) is 4.87. The zero-order valence-corrected chi connectivity index (χ0v) is 7.70. The molecule has 1 heterocycles. The van der Waals surface area contributed by atoms with E-state index < -0.39 is 0 Å². The first-order valence-corrected chi connectivity index (χ1v) is 4.42. The molecule has 0 aromatic carbocycles. The Balaban J connectivity index is 2.37. The van der Waals surface area contributed by atoms with E-state index in [2.05, 4.69) is 29.2 Å². The first-order valence-electron chi connectivity index (χ1n) is 4.42. The van der Waals surface area contributed by atoms with Crippen molar-refractivity contribution in [2.24, 2.45) is 0 Å². The van der Waals surface area contributed by atoms with E-state index in [0.717, 1.165) is 19.5 Å². The van der Waals surface area contributed by atoms with E-state index in [-0.39, 0.29) is 0 Å². The van der Waals surface area contributed by atoms with Gasteiger partial charge >= 0.3 is 0 Å². The molecule has 0 spiro atoms. The topological polar surface area (TPSA) is 42.7 Å². The minimum atomic E-state index is 0.511. The van der Waals surface area contributed by atoms with E-state index in [0.29, 0.717) is 6.04 Å². The van der Waals surface area contributed by atoms with Crippen molar-refractivity contribution in [2.45, 2.75) is 32.9 Å². The van der Waals surface area contributed by atoms with Gasteiger partial charge in [0.25, 0.3) is 0 Å². The summed E-state index contributed by atoms with van der Waals surface area (Å²) in [5.41, 5.74) is 0. The molecule has 0 fully saturated rings. The van der Waals surface area contributed by atoms with Gasteiger partial charge < -0.3 is 5.32 Å². The van der Waals surface area contributed by atoms with Crippen molar-refractivity contribution in [3.63, 3.8) is 0 Å². The molecule has 1 aromatic heterocycles. The third-order valence-corrected chi connectivity index (χ3v) is 1.86. The fraction of sp³-hybridized carbons (Fsp3) is 0.750. The van der Waals surface area contributed by atoms with Gasteiger partial charge in [-0.2, -0.15) is 5.10 Å². The average molecular weight is 168 g/mol. The van der Waals surface area contributed by atoms with E-state index >= 15 is 0 Å². The SMILES string of the molecule is CCNC(CC)Cn1cncn1. The molecule has 0 aliphatic carbocycles. The van der Waals surface area contributed by atoms with Crippen molar-refractivity contribution >= 4 is 0 Å². The van der Waals surface area contributed by atoms with Crippen molar-refractivity contribution in [2.75, 3.05) is 6.54 Å². The van der Waals surface area contributed by atoms with E-state index in [1.807, 2.05) is 4.68 Å². The fourth-order valence-electron chi connectivity index (χ4n) is 1.18. The summed E-state index contributed by atoms with van der Waals surface area (Å²) in [5, 5.41) is 7.43. The van der Waals surface area contributed by atoms with Gasteiger partial charge in [-0.25, -0.2) is 4.98 Å². The summed E-state index contributed by atoms with van der Waals surface area (Å²) in [6.45, 7) is 6.20. The van der Waals surface area contributed by atoms with Crippen molar-refractivity contribution in [1.82, 2.24) is 20.1 Å². The minimum absolute atomic E-state index is 0.511. The zero-order chi connectivity index (χ0) is 8.81. The van der Waals surface area contributed by atoms with Gasteiger partial charge in [-0.15, -0.1) is 0 Å². The van der Waals surface area contributed by atoms with Crippen LogP contribution in [0.4, 0.5) is 0 Å². The van der Waals surface area contributed by atoms with Crippen LogP contribution in [0.5, 0.6) is 0 Å². The maximum absolute atomic E-state index is 4.05. The molecule has 1 unspecified atom stereocenters. The molecule has 0 amide bonds. The van der Waals surface area contributed by atoms with Crippen molar-refractivity contribution in [3.8, 4) is 0 Å². The number of hydrogen-bond donors (Lipinski definition) is 1. The second-order valence-corrected chi connectivity index (χ2v) is 2.78. The van der Waals surface area contributed by atoms with Crippen LogP contribution in [-0.2, 0) is 6.54 Å². The molecule has 4 nitrogen and oxygen atoms in total. The Bertz CT molecular complexity index is 195. The Hall–Kier alpha value is -0.900. The number of likely N-dealkylation sites (N-methyl/N-ethyl adjacent to an activating group) is 1. The highest BCUT2D eigenvalue weighted by Gasteiger charge is 2.04. The summed E-state index contributed by atoms with van der Waals surface area (Å²) in [4.78, 5) is 3.89. The van der Waals surface area contributed by atoms with E-state index in [9.17, 15) is 0 Å². The van der Waals surface area contributed by atoms with Gasteiger partial charge in [0, 0.05) is 6.04 Å². The number of nitrogens with zero attached hydrogens (tertiary/aromatic N) is 3. The largest absolute Gasteiger partial charge is 0.312 e. The van der Waals surface area contributed by atoms with Crippen LogP contribution in [0, 0.1) is 0 Å². The summed E-state index contributed by atoms with van der Waals surface area (Å²) in [5.74, 6) is 0. The first-order chi connectivity index (χ1) is 5.86. The molecule has 0 radical (unpaired) electrons. The lowest BCUT2D eigenvalue weighted by atomic mass is 10.2. The number of hydrogen-bond acceptors (Lipinski definition) is 3. The fourth-order valence-corrected chi connectivity index (χ4v) is 1.18. The van der Waals surface area contributed by atoms with Crippen LogP contribution in [0.1, 0.15) is 20.3 Å². The first kappa shape index (κ1) is 9.19. The summed E-state index contributed by atoms with van der Waals surface area (Å²) >= 11 is 0. The van der Waals surface area contributed by atoms with Crippen molar-refractivity contribution < 1.29 is 0 Å². The molecule has 12 heavy (non-hydrogen) atoms. The number of nitrogens with one attached hydrogen (secondary N) is 1. The maximum atomic E-state index is 4.05. The van der Waals surface area contributed by atoms with Gasteiger partial charge in [0.1, 0.15) is 12.7 Å². The van der Waals surface area contributed by atoms with Gasteiger partial charge in [0.05, 0.1) is 6.54 Å². The highest BCUT2D eigenvalue weighted by molar-refractivity contribution is 4.66. The van der Waals surface area contributed by atoms with Crippen LogP contribution in [0.3, 0.4) is 0 Å². The number of rotatable bonds is 5. The van der Waals surface area contributed by atoms with Crippen LogP contribution in [0.15, 0.2) is 12.7 Å². The smallest absolute Gasteiger partial charge is 0.137 e. The van der Waals surface area contributed by atoms with Gasteiger partial charge in [-0.3, -0.25) is 4.68 Å². The van der Waals surface area contributed by atoms with Crippen molar-refractivity contribution in [3.05, 3.63) is 12.7 Å². The van der Waals surface area contributed by atoms with Gasteiger partial charge in [-0.1, -0.05) is 13.8 Å². The van der Waals surface area contributed by atoms with Crippen LogP contribution >= 0.6 is 0 Å². The molecule has 1 atom stereocenters. The molecule has 1 rings (SSSR count). The van der Waals surface area contributed by atoms with E-state index in [1.54, 1.807) is 12.7 Å². The van der Waals surface area contributed by atoms with E-state index in [4.69, 9.17) is 0 Å². The lowest BCUT2D eigenvalue weighted by Gasteiger charge is -2.14. The average Bonchev–Trinajstić information content (AvgIpc) is 2.56. The molecule has 0 bridgehead atoms. The summed E-state index contributed by atoms with van der Waals surface area (Å²) in [6.07, 6.45) is 4.44. The molecule has 68 valence electrons. The van der Waals surface area contributed by atoms with Gasteiger partial charge in [-0.05, 0) is 13.0 Å². The predicted molar refractivity (Wildman–Crippen MR) is 47.8 cm³/mol. The van der Waals surface area contributed by atoms with Crippen LogP contribution in [0.25, 0.3) is 0 Å². The van der Waals surface area contributed by atoms with E-state index in [1.165, 1.54) is 0 Å². The predicted octanol–water partition coefficient (Wildman–Crippen LogP) is 0.666. The summed E-state index contributed by atoms with van der Waals surface area (Å²) in [6, 6.07) is 0.511. The standard InChI is InChI=1S/C8H16N4/c1-3-8(10-4-2)5-12-7-9-6-11-12/h6-8,10H,3-5H2,1-2H3. The van der Waals surface area contributed by atoms with Gasteiger partial charge in [0.15, 0.2) is 0 Å². The molecule has 0 aliphatic heterocycles. The van der Waals surface area contributed by atoms with Crippen LogP contribution in [0.2, 0.25) is 0 Å². The molecule has 0 saturated heterocycles. The molecule has 0 saturated carbocycles. The Kier molecular flexibility index (Phi) is 3.73. The highest BCUT2D eigenvalue weighted by atomic mass is 15.3. The normalized spacial score (nSPS) is 13.2. The maximum Gasteiger partial charge on any atom is 0.137 e. The van der Waals surface area contributed by atoms with Crippen LogP contribution in [-0.4, -0.2) is 27.4 Å². The Morgan fingerprint density at radius 1 is 1.50 bits per heavy atom. The number of aromatic nitrogens is 3. The van der Waals surface area contributed by atoms with Crippen LogP contribution < -0.4 is 5.32 Å². The monoisotopic (exact) mass is 168 g/mol. The minimum Gasteiger partial charge on any atom is -0.312 e. The molecule has 4 heteroatoms. The highest BCUT2D eigenvalue weighted by Crippen LogP contribution is 1.94. The quantitative estimate of drug-likeness (QED) is 0.702. The lowest BCUT2D eigenvalue weighted by molar-refractivity contribution is 0.424.